The maximum absolute atomic E-state index is 13.0. The second-order valence-corrected chi connectivity index (χ2v) is 6.09. The normalized spacial score (nSPS) is 18.4. The molecular formula is C19H19FN2O3. The zero-order chi connectivity index (χ0) is 18.0. The topological polar surface area (TPSA) is 67.4 Å². The number of carbonyl (C=O) groups excluding carboxylic acids is 2. The van der Waals surface area contributed by atoms with E-state index < -0.39 is 0 Å². The van der Waals surface area contributed by atoms with Crippen LogP contribution in [0.15, 0.2) is 42.5 Å². The lowest BCUT2D eigenvalue weighted by molar-refractivity contribution is -0.117. The quantitative estimate of drug-likeness (QED) is 0.873. The van der Waals surface area contributed by atoms with E-state index in [4.69, 9.17) is 4.74 Å². The fourth-order valence-electron chi connectivity index (χ4n) is 2.87. The predicted octanol–water partition coefficient (Wildman–Crippen LogP) is 3.53. The standard InChI is InChI=1S/C19H19FN2O3/c1-11(23)21-17-9-14(7-8-18(17)25-2)22-19(24)16-10-15(16)12-3-5-13(20)6-4-12/h3-9,15-16H,10H2,1-2H3,(H,21,23)(H,22,24). The van der Waals surface area contributed by atoms with Gasteiger partial charge >= 0.3 is 0 Å². The summed E-state index contributed by atoms with van der Waals surface area (Å²) in [5.74, 6) is -0.0861. The molecule has 2 unspecified atom stereocenters. The van der Waals surface area contributed by atoms with Crippen molar-refractivity contribution in [3.63, 3.8) is 0 Å². The fourth-order valence-corrected chi connectivity index (χ4v) is 2.87. The summed E-state index contributed by atoms with van der Waals surface area (Å²) in [4.78, 5) is 23.7. The first kappa shape index (κ1) is 17.0. The molecule has 1 fully saturated rings. The van der Waals surface area contributed by atoms with Crippen LogP contribution in [-0.2, 0) is 9.59 Å². The van der Waals surface area contributed by atoms with Crippen molar-refractivity contribution in [1.82, 2.24) is 0 Å². The number of hydrogen-bond acceptors (Lipinski definition) is 3. The number of amides is 2. The molecule has 0 heterocycles. The van der Waals surface area contributed by atoms with Gasteiger partial charge in [0.25, 0.3) is 0 Å². The van der Waals surface area contributed by atoms with Crippen LogP contribution < -0.4 is 15.4 Å². The van der Waals surface area contributed by atoms with Gasteiger partial charge in [0.2, 0.25) is 11.8 Å². The third-order valence-electron chi connectivity index (χ3n) is 4.20. The minimum atomic E-state index is -0.283. The molecule has 0 aromatic heterocycles. The highest BCUT2D eigenvalue weighted by Gasteiger charge is 2.43. The Bertz CT molecular complexity index is 805. The summed E-state index contributed by atoms with van der Waals surface area (Å²) < 4.78 is 18.2. The average molecular weight is 342 g/mol. The van der Waals surface area contributed by atoms with Crippen molar-refractivity contribution in [2.75, 3.05) is 17.7 Å². The predicted molar refractivity (Wildman–Crippen MR) is 93.2 cm³/mol. The lowest BCUT2D eigenvalue weighted by Gasteiger charge is -2.12. The Morgan fingerprint density at radius 1 is 1.12 bits per heavy atom. The van der Waals surface area contributed by atoms with Crippen molar-refractivity contribution < 1.29 is 18.7 Å². The van der Waals surface area contributed by atoms with Gasteiger partial charge in [-0.1, -0.05) is 12.1 Å². The van der Waals surface area contributed by atoms with Gasteiger partial charge in [-0.15, -0.1) is 0 Å². The number of anilines is 2. The van der Waals surface area contributed by atoms with Gasteiger partial charge in [-0.25, -0.2) is 4.39 Å². The number of rotatable bonds is 5. The molecule has 0 saturated heterocycles. The van der Waals surface area contributed by atoms with E-state index in [1.54, 1.807) is 30.3 Å². The van der Waals surface area contributed by atoms with E-state index in [2.05, 4.69) is 10.6 Å². The minimum Gasteiger partial charge on any atom is -0.495 e. The molecule has 2 aromatic carbocycles. The van der Waals surface area contributed by atoms with Crippen molar-refractivity contribution in [2.45, 2.75) is 19.3 Å². The van der Waals surface area contributed by atoms with Gasteiger partial charge in [-0.05, 0) is 48.2 Å². The summed E-state index contributed by atoms with van der Waals surface area (Å²) in [7, 11) is 1.51. The highest BCUT2D eigenvalue weighted by atomic mass is 19.1. The molecule has 0 spiro atoms. The third-order valence-corrected chi connectivity index (χ3v) is 4.20. The van der Waals surface area contributed by atoms with Crippen molar-refractivity contribution in [1.29, 1.82) is 0 Å². The summed E-state index contributed by atoms with van der Waals surface area (Å²) >= 11 is 0. The maximum Gasteiger partial charge on any atom is 0.228 e. The molecule has 25 heavy (non-hydrogen) atoms. The van der Waals surface area contributed by atoms with E-state index in [9.17, 15) is 14.0 Å². The van der Waals surface area contributed by atoms with Crippen LogP contribution in [0.2, 0.25) is 0 Å². The van der Waals surface area contributed by atoms with E-state index in [1.165, 1.54) is 26.2 Å². The molecule has 1 saturated carbocycles. The van der Waals surface area contributed by atoms with E-state index in [0.717, 1.165) is 12.0 Å². The molecular weight excluding hydrogens is 323 g/mol. The van der Waals surface area contributed by atoms with Crippen LogP contribution in [0.4, 0.5) is 15.8 Å². The molecule has 0 aliphatic heterocycles. The minimum absolute atomic E-state index is 0.0896. The second kappa shape index (κ2) is 6.93. The smallest absolute Gasteiger partial charge is 0.228 e. The van der Waals surface area contributed by atoms with Gasteiger partial charge in [0.15, 0.2) is 0 Å². The zero-order valence-electron chi connectivity index (χ0n) is 14.0. The van der Waals surface area contributed by atoms with E-state index in [1.807, 2.05) is 0 Å². The Kier molecular flexibility index (Phi) is 4.70. The first-order chi connectivity index (χ1) is 12.0. The maximum atomic E-state index is 13.0. The van der Waals surface area contributed by atoms with Crippen molar-refractivity contribution in [2.24, 2.45) is 5.92 Å². The number of benzene rings is 2. The summed E-state index contributed by atoms with van der Waals surface area (Å²) in [5, 5.41) is 5.53. The molecule has 5 nitrogen and oxygen atoms in total. The summed E-state index contributed by atoms with van der Waals surface area (Å²) in [6, 6.07) is 11.3. The highest BCUT2D eigenvalue weighted by Crippen LogP contribution is 2.48. The largest absolute Gasteiger partial charge is 0.495 e. The number of ether oxygens (including phenoxy) is 1. The van der Waals surface area contributed by atoms with Crippen LogP contribution in [-0.4, -0.2) is 18.9 Å². The number of halogens is 1. The Morgan fingerprint density at radius 3 is 2.48 bits per heavy atom. The summed E-state index contributed by atoms with van der Waals surface area (Å²) in [6.07, 6.45) is 0.742. The molecule has 2 amide bonds. The van der Waals surface area contributed by atoms with E-state index in [-0.39, 0.29) is 29.5 Å². The van der Waals surface area contributed by atoms with Gasteiger partial charge in [0.1, 0.15) is 11.6 Å². The number of methoxy groups -OCH3 is 1. The molecule has 6 heteroatoms. The number of carbonyl (C=O) groups is 2. The van der Waals surface area contributed by atoms with Crippen LogP contribution in [0.5, 0.6) is 5.75 Å². The Hall–Kier alpha value is -2.89. The van der Waals surface area contributed by atoms with Gasteiger partial charge in [0.05, 0.1) is 12.8 Å². The van der Waals surface area contributed by atoms with Crippen LogP contribution in [0.3, 0.4) is 0 Å². The van der Waals surface area contributed by atoms with E-state index in [0.29, 0.717) is 17.1 Å². The Morgan fingerprint density at radius 2 is 1.84 bits per heavy atom. The van der Waals surface area contributed by atoms with Crippen LogP contribution >= 0.6 is 0 Å². The van der Waals surface area contributed by atoms with Crippen LogP contribution in [0.1, 0.15) is 24.8 Å². The van der Waals surface area contributed by atoms with Gasteiger partial charge in [-0.3, -0.25) is 9.59 Å². The molecule has 1 aliphatic carbocycles. The molecule has 2 atom stereocenters. The Balaban J connectivity index is 1.67. The number of nitrogens with one attached hydrogen (secondary N) is 2. The highest BCUT2D eigenvalue weighted by molar-refractivity contribution is 5.97. The first-order valence-electron chi connectivity index (χ1n) is 8.00. The summed E-state index contributed by atoms with van der Waals surface area (Å²) in [6.45, 7) is 1.40. The monoisotopic (exact) mass is 342 g/mol. The van der Waals surface area contributed by atoms with Crippen molar-refractivity contribution in [3.05, 3.63) is 53.8 Å². The lowest BCUT2D eigenvalue weighted by Crippen LogP contribution is -2.15. The SMILES string of the molecule is COc1ccc(NC(=O)C2CC2c2ccc(F)cc2)cc1NC(C)=O. The van der Waals surface area contributed by atoms with E-state index >= 15 is 0 Å². The summed E-state index contributed by atoms with van der Waals surface area (Å²) in [5.41, 5.74) is 2.05. The first-order valence-corrected chi connectivity index (χ1v) is 8.00. The Labute approximate surface area is 145 Å². The lowest BCUT2D eigenvalue weighted by atomic mass is 10.1. The molecule has 1 aliphatic rings. The van der Waals surface area contributed by atoms with Gasteiger partial charge in [0, 0.05) is 18.5 Å². The van der Waals surface area contributed by atoms with Gasteiger partial charge < -0.3 is 15.4 Å². The van der Waals surface area contributed by atoms with Crippen molar-refractivity contribution >= 4 is 23.2 Å². The molecule has 2 aromatic rings. The molecule has 3 rings (SSSR count). The van der Waals surface area contributed by atoms with Crippen LogP contribution in [0.25, 0.3) is 0 Å². The average Bonchev–Trinajstić information content (AvgIpc) is 3.36. The van der Waals surface area contributed by atoms with Crippen LogP contribution in [0, 0.1) is 11.7 Å². The van der Waals surface area contributed by atoms with Crippen molar-refractivity contribution in [3.8, 4) is 5.75 Å². The molecule has 0 radical (unpaired) electrons. The molecule has 130 valence electrons. The second-order valence-electron chi connectivity index (χ2n) is 6.09. The van der Waals surface area contributed by atoms with Gasteiger partial charge in [-0.2, -0.15) is 0 Å². The third kappa shape index (κ3) is 3.96. The molecule has 0 bridgehead atoms. The zero-order valence-corrected chi connectivity index (χ0v) is 14.0. The number of hydrogen-bond donors (Lipinski definition) is 2. The fraction of sp³-hybridized carbons (Fsp3) is 0.263. The molecule has 2 N–H and O–H groups in total.